The van der Waals surface area contributed by atoms with Crippen LogP contribution in [0, 0.1) is 0 Å². The Balaban J connectivity index is 1.77. The molecule has 0 atom stereocenters. The topological polar surface area (TPSA) is 78.0 Å². The Morgan fingerprint density at radius 1 is 1.03 bits per heavy atom. The third-order valence-electron chi connectivity index (χ3n) is 6.00. The molecular formula is C23H27N4O4+. The molecule has 1 aromatic heterocycles. The molecule has 31 heavy (non-hydrogen) atoms. The van der Waals surface area contributed by atoms with Gasteiger partial charge in [0.05, 0.1) is 56.4 Å². The molecule has 1 aliphatic heterocycles. The highest BCUT2D eigenvalue weighted by Crippen LogP contribution is 2.14. The number of para-hydroxylation sites is 1. The van der Waals surface area contributed by atoms with Crippen LogP contribution in [0.25, 0.3) is 16.6 Å². The first-order chi connectivity index (χ1) is 15.0. The summed E-state index contributed by atoms with van der Waals surface area (Å²) < 4.78 is 7.70. The number of amides is 1. The lowest BCUT2D eigenvalue weighted by Crippen LogP contribution is -3.14. The molecule has 4 rings (SSSR count). The molecule has 2 aromatic carbocycles. The Kier molecular flexibility index (Phi) is 5.90. The number of nitrogens with one attached hydrogen (secondary N) is 1. The van der Waals surface area contributed by atoms with Crippen LogP contribution in [0.5, 0.6) is 5.75 Å². The maximum atomic E-state index is 13.4. The predicted molar refractivity (Wildman–Crippen MR) is 118 cm³/mol. The summed E-state index contributed by atoms with van der Waals surface area (Å²) in [5.41, 5.74) is -0.0361. The van der Waals surface area contributed by atoms with E-state index in [-0.39, 0.29) is 12.5 Å². The lowest BCUT2D eigenvalue weighted by molar-refractivity contribution is -0.902. The zero-order valence-electron chi connectivity index (χ0n) is 17.8. The van der Waals surface area contributed by atoms with E-state index in [1.807, 2.05) is 4.90 Å². The first-order valence-corrected chi connectivity index (χ1v) is 10.5. The molecule has 162 valence electrons. The highest BCUT2D eigenvalue weighted by atomic mass is 16.5. The Labute approximate surface area is 179 Å². The third-order valence-corrected chi connectivity index (χ3v) is 6.00. The molecular weight excluding hydrogens is 396 g/mol. The zero-order valence-corrected chi connectivity index (χ0v) is 17.8. The molecule has 1 amide bonds. The molecule has 0 aliphatic carbocycles. The van der Waals surface area contributed by atoms with Gasteiger partial charge in [0, 0.05) is 0 Å². The zero-order chi connectivity index (χ0) is 22.0. The van der Waals surface area contributed by atoms with Gasteiger partial charge in [-0.25, -0.2) is 9.36 Å². The number of piperazine rings is 1. The number of methoxy groups -OCH3 is 1. The number of rotatable bonds is 5. The molecule has 2 heterocycles. The number of nitrogens with zero attached hydrogens (tertiary/aromatic N) is 3. The number of fused-ring (bicyclic) bond motifs is 1. The molecule has 0 unspecified atom stereocenters. The van der Waals surface area contributed by atoms with Crippen molar-refractivity contribution in [3.05, 3.63) is 69.4 Å². The van der Waals surface area contributed by atoms with Crippen LogP contribution in [0.15, 0.2) is 58.1 Å². The van der Waals surface area contributed by atoms with Crippen LogP contribution < -0.4 is 20.9 Å². The van der Waals surface area contributed by atoms with Crippen molar-refractivity contribution in [2.24, 2.45) is 0 Å². The van der Waals surface area contributed by atoms with E-state index in [1.165, 1.54) is 9.47 Å². The number of benzene rings is 2. The first kappa shape index (κ1) is 20.9. The lowest BCUT2D eigenvalue weighted by atomic mass is 10.2. The summed E-state index contributed by atoms with van der Waals surface area (Å²) in [6.45, 7) is 6.24. The SMILES string of the molecule is CC[NH+]1CCN(C(=O)Cn2c(=O)n(-c3ccc(OC)cc3)c(=O)c3ccccc32)CC1. The Hall–Kier alpha value is -3.39. The molecule has 8 nitrogen and oxygen atoms in total. The van der Waals surface area contributed by atoms with E-state index in [1.54, 1.807) is 55.6 Å². The third kappa shape index (κ3) is 3.98. The van der Waals surface area contributed by atoms with E-state index >= 15 is 0 Å². The number of quaternary nitrogens is 1. The van der Waals surface area contributed by atoms with Crippen LogP contribution in [-0.2, 0) is 11.3 Å². The van der Waals surface area contributed by atoms with Gasteiger partial charge < -0.3 is 14.5 Å². The highest BCUT2D eigenvalue weighted by molar-refractivity contribution is 5.82. The van der Waals surface area contributed by atoms with E-state index in [9.17, 15) is 14.4 Å². The number of carbonyl (C=O) groups is 1. The quantitative estimate of drug-likeness (QED) is 0.622. The molecule has 3 aromatic rings. The molecule has 1 fully saturated rings. The van der Waals surface area contributed by atoms with E-state index in [2.05, 4.69) is 6.92 Å². The molecule has 0 bridgehead atoms. The average molecular weight is 423 g/mol. The number of hydrogen-bond donors (Lipinski definition) is 1. The van der Waals surface area contributed by atoms with Gasteiger partial charge in [-0.15, -0.1) is 0 Å². The average Bonchev–Trinajstić information content (AvgIpc) is 2.82. The summed E-state index contributed by atoms with van der Waals surface area (Å²) in [4.78, 5) is 42.8. The molecule has 1 aliphatic rings. The monoisotopic (exact) mass is 423 g/mol. The van der Waals surface area contributed by atoms with Crippen LogP contribution in [0.3, 0.4) is 0 Å². The summed E-state index contributed by atoms with van der Waals surface area (Å²) in [6.07, 6.45) is 0. The predicted octanol–water partition coefficient (Wildman–Crippen LogP) is -0.0920. The first-order valence-electron chi connectivity index (χ1n) is 10.5. The summed E-state index contributed by atoms with van der Waals surface area (Å²) in [5.74, 6) is 0.517. The van der Waals surface area contributed by atoms with Crippen LogP contribution in [-0.4, -0.2) is 59.8 Å². The fourth-order valence-corrected chi connectivity index (χ4v) is 4.09. The van der Waals surface area contributed by atoms with Crippen LogP contribution in [0.2, 0.25) is 0 Å². The molecule has 0 saturated carbocycles. The normalized spacial score (nSPS) is 14.7. The van der Waals surface area contributed by atoms with E-state index in [0.717, 1.165) is 24.2 Å². The summed E-state index contributed by atoms with van der Waals surface area (Å²) >= 11 is 0. The maximum Gasteiger partial charge on any atom is 0.336 e. The van der Waals surface area contributed by atoms with Gasteiger partial charge in [0.1, 0.15) is 12.3 Å². The Morgan fingerprint density at radius 3 is 2.35 bits per heavy atom. The molecule has 8 heteroatoms. The van der Waals surface area contributed by atoms with Crippen molar-refractivity contribution in [3.8, 4) is 11.4 Å². The standard InChI is InChI=1S/C23H26N4O4/c1-3-24-12-14-25(15-13-24)21(28)16-26-20-7-5-4-6-19(20)22(29)27(23(26)30)17-8-10-18(31-2)11-9-17/h4-11H,3,12-16H2,1-2H3/p+1. The molecule has 0 radical (unpaired) electrons. The maximum absolute atomic E-state index is 13.4. The largest absolute Gasteiger partial charge is 0.497 e. The summed E-state index contributed by atoms with van der Waals surface area (Å²) in [6, 6.07) is 13.6. The Bertz CT molecular complexity index is 1200. The van der Waals surface area contributed by atoms with Crippen molar-refractivity contribution in [3.63, 3.8) is 0 Å². The summed E-state index contributed by atoms with van der Waals surface area (Å²) in [7, 11) is 1.55. The van der Waals surface area contributed by atoms with Gasteiger partial charge in [-0.3, -0.25) is 14.2 Å². The second-order valence-electron chi connectivity index (χ2n) is 7.71. The van der Waals surface area contributed by atoms with Crippen LogP contribution in [0.4, 0.5) is 0 Å². The minimum absolute atomic E-state index is 0.1000. The summed E-state index contributed by atoms with van der Waals surface area (Å²) in [5, 5.41) is 0.394. The smallest absolute Gasteiger partial charge is 0.336 e. The molecule has 1 saturated heterocycles. The van der Waals surface area contributed by atoms with Crippen molar-refractivity contribution in [1.82, 2.24) is 14.0 Å². The van der Waals surface area contributed by atoms with Gasteiger partial charge in [-0.1, -0.05) is 12.1 Å². The minimum Gasteiger partial charge on any atom is -0.497 e. The van der Waals surface area contributed by atoms with Crippen molar-refractivity contribution in [1.29, 1.82) is 0 Å². The van der Waals surface area contributed by atoms with Gasteiger partial charge in [0.25, 0.3) is 5.56 Å². The number of hydrogen-bond acceptors (Lipinski definition) is 4. The van der Waals surface area contributed by atoms with Crippen molar-refractivity contribution in [2.75, 3.05) is 39.8 Å². The minimum atomic E-state index is -0.528. The highest BCUT2D eigenvalue weighted by Gasteiger charge is 2.24. The van der Waals surface area contributed by atoms with Crippen molar-refractivity contribution >= 4 is 16.8 Å². The van der Waals surface area contributed by atoms with Gasteiger partial charge >= 0.3 is 5.69 Å². The molecule has 1 N–H and O–H groups in total. The van der Waals surface area contributed by atoms with Crippen LogP contribution >= 0.6 is 0 Å². The lowest BCUT2D eigenvalue weighted by Gasteiger charge is -2.31. The van der Waals surface area contributed by atoms with E-state index < -0.39 is 11.2 Å². The van der Waals surface area contributed by atoms with E-state index in [4.69, 9.17) is 4.74 Å². The van der Waals surface area contributed by atoms with E-state index in [0.29, 0.717) is 35.4 Å². The molecule has 0 spiro atoms. The number of likely N-dealkylation sites (N-methyl/N-ethyl adjacent to an activating group) is 1. The number of aromatic nitrogens is 2. The van der Waals surface area contributed by atoms with Crippen LogP contribution in [0.1, 0.15) is 6.92 Å². The Morgan fingerprint density at radius 2 is 1.71 bits per heavy atom. The second-order valence-corrected chi connectivity index (χ2v) is 7.71. The number of ether oxygens (including phenoxy) is 1. The van der Waals surface area contributed by atoms with Gasteiger partial charge in [0.2, 0.25) is 5.91 Å². The van der Waals surface area contributed by atoms with Crippen molar-refractivity contribution < 1.29 is 14.4 Å². The van der Waals surface area contributed by atoms with Gasteiger partial charge in [-0.05, 0) is 43.3 Å². The number of carbonyl (C=O) groups excluding carboxylic acids is 1. The van der Waals surface area contributed by atoms with Gasteiger partial charge in [-0.2, -0.15) is 0 Å². The van der Waals surface area contributed by atoms with Crippen molar-refractivity contribution in [2.45, 2.75) is 13.5 Å². The fourth-order valence-electron chi connectivity index (χ4n) is 4.09. The fraction of sp³-hybridized carbons (Fsp3) is 0.348. The second kappa shape index (κ2) is 8.77. The van der Waals surface area contributed by atoms with Gasteiger partial charge in [0.15, 0.2) is 0 Å².